The van der Waals surface area contributed by atoms with Crippen molar-refractivity contribution < 1.29 is 13.7 Å². The van der Waals surface area contributed by atoms with E-state index in [9.17, 15) is 9.18 Å². The van der Waals surface area contributed by atoms with Crippen molar-refractivity contribution in [3.8, 4) is 0 Å². The molecule has 0 spiro atoms. The average Bonchev–Trinajstić information content (AvgIpc) is 3.16. The van der Waals surface area contributed by atoms with E-state index in [4.69, 9.17) is 4.52 Å². The maximum Gasteiger partial charge on any atom is 0.254 e. The molecule has 4 nitrogen and oxygen atoms in total. The summed E-state index contributed by atoms with van der Waals surface area (Å²) in [5, 5.41) is 4.08. The van der Waals surface area contributed by atoms with Gasteiger partial charge in [0.05, 0.1) is 11.7 Å². The van der Waals surface area contributed by atoms with E-state index in [1.165, 1.54) is 24.3 Å². The van der Waals surface area contributed by atoms with Gasteiger partial charge in [-0.25, -0.2) is 4.39 Å². The largest absolute Gasteiger partial charge is 0.359 e. The number of nitrogens with zero attached hydrogens (tertiary/aromatic N) is 2. The van der Waals surface area contributed by atoms with Crippen molar-refractivity contribution >= 4 is 5.91 Å². The Hall–Kier alpha value is -2.17. The van der Waals surface area contributed by atoms with Crippen LogP contribution < -0.4 is 0 Å². The predicted molar refractivity (Wildman–Crippen MR) is 80.0 cm³/mol. The lowest BCUT2D eigenvalue weighted by atomic mass is 10.1. The van der Waals surface area contributed by atoms with Crippen LogP contribution in [0, 0.1) is 5.82 Å². The fourth-order valence-electron chi connectivity index (χ4n) is 2.80. The van der Waals surface area contributed by atoms with Gasteiger partial charge in [-0.2, -0.15) is 0 Å². The zero-order valence-corrected chi connectivity index (χ0v) is 12.8. The number of amides is 1. The molecule has 0 radical (unpaired) electrons. The van der Waals surface area contributed by atoms with E-state index in [0.717, 1.165) is 24.3 Å². The van der Waals surface area contributed by atoms with Crippen molar-refractivity contribution in [2.24, 2.45) is 0 Å². The fraction of sp³-hybridized carbons (Fsp3) is 0.412. The minimum Gasteiger partial charge on any atom is -0.359 e. The van der Waals surface area contributed by atoms with Gasteiger partial charge >= 0.3 is 0 Å². The van der Waals surface area contributed by atoms with Crippen LogP contribution in [0.4, 0.5) is 4.39 Å². The number of benzene rings is 1. The van der Waals surface area contributed by atoms with Gasteiger partial charge in [0.15, 0.2) is 5.76 Å². The molecule has 1 fully saturated rings. The van der Waals surface area contributed by atoms with Gasteiger partial charge in [0.25, 0.3) is 5.91 Å². The molecule has 1 aliphatic rings. The summed E-state index contributed by atoms with van der Waals surface area (Å²) < 4.78 is 18.4. The third-order valence-electron chi connectivity index (χ3n) is 4.07. The third-order valence-corrected chi connectivity index (χ3v) is 4.07. The molecule has 2 heterocycles. The first-order chi connectivity index (χ1) is 10.6. The van der Waals surface area contributed by atoms with Crippen molar-refractivity contribution in [3.63, 3.8) is 0 Å². The molecule has 0 N–H and O–H groups in total. The van der Waals surface area contributed by atoms with E-state index in [0.29, 0.717) is 18.0 Å². The van der Waals surface area contributed by atoms with Crippen molar-refractivity contribution in [3.05, 3.63) is 53.2 Å². The third kappa shape index (κ3) is 2.75. The monoisotopic (exact) mass is 302 g/mol. The van der Waals surface area contributed by atoms with E-state index in [-0.39, 0.29) is 17.8 Å². The first kappa shape index (κ1) is 14.8. The number of aromatic nitrogens is 1. The molecule has 2 aromatic rings. The van der Waals surface area contributed by atoms with E-state index in [1.54, 1.807) is 4.90 Å². The van der Waals surface area contributed by atoms with Crippen LogP contribution in [0.15, 0.2) is 34.9 Å². The van der Waals surface area contributed by atoms with Gasteiger partial charge in [-0.3, -0.25) is 4.79 Å². The molecule has 0 unspecified atom stereocenters. The number of likely N-dealkylation sites (tertiary alicyclic amines) is 1. The van der Waals surface area contributed by atoms with Crippen LogP contribution >= 0.6 is 0 Å². The van der Waals surface area contributed by atoms with Crippen LogP contribution in [0.5, 0.6) is 0 Å². The number of carbonyl (C=O) groups is 1. The van der Waals surface area contributed by atoms with Crippen molar-refractivity contribution in [1.29, 1.82) is 0 Å². The summed E-state index contributed by atoms with van der Waals surface area (Å²) in [7, 11) is 0. The highest BCUT2D eigenvalue weighted by molar-refractivity contribution is 5.94. The summed E-state index contributed by atoms with van der Waals surface area (Å²) in [4.78, 5) is 14.4. The van der Waals surface area contributed by atoms with E-state index < -0.39 is 0 Å². The highest BCUT2D eigenvalue weighted by Gasteiger charge is 2.33. The van der Waals surface area contributed by atoms with E-state index in [2.05, 4.69) is 19.0 Å². The quantitative estimate of drug-likeness (QED) is 0.863. The zero-order valence-electron chi connectivity index (χ0n) is 12.8. The molecule has 3 rings (SSSR count). The molecule has 5 heteroatoms. The SMILES string of the molecule is CC(C)c1cc([C@@H]2CCCN2C(=O)c2ccc(F)cc2)on1. The highest BCUT2D eigenvalue weighted by atomic mass is 19.1. The lowest BCUT2D eigenvalue weighted by Crippen LogP contribution is -2.30. The minimum absolute atomic E-state index is 0.0856. The number of carbonyl (C=O) groups excluding carboxylic acids is 1. The van der Waals surface area contributed by atoms with E-state index >= 15 is 0 Å². The summed E-state index contributed by atoms with van der Waals surface area (Å²) in [6.07, 6.45) is 1.79. The number of hydrogen-bond acceptors (Lipinski definition) is 3. The van der Waals surface area contributed by atoms with Gasteiger partial charge in [0.1, 0.15) is 5.82 Å². The Bertz CT molecular complexity index is 664. The molecule has 1 aromatic carbocycles. The molecule has 1 aliphatic heterocycles. The van der Waals surface area contributed by atoms with E-state index in [1.807, 2.05) is 6.07 Å². The molecule has 0 aliphatic carbocycles. The Morgan fingerprint density at radius 3 is 2.73 bits per heavy atom. The summed E-state index contributed by atoms with van der Waals surface area (Å²) in [6, 6.07) is 7.51. The standard InChI is InChI=1S/C17H19FN2O2/c1-11(2)14-10-16(22-19-14)15-4-3-9-20(15)17(21)12-5-7-13(18)8-6-12/h5-8,10-11,15H,3-4,9H2,1-2H3/t15-/m0/s1. The molecule has 116 valence electrons. The van der Waals surface area contributed by atoms with Gasteiger partial charge in [0.2, 0.25) is 0 Å². The van der Waals surface area contributed by atoms with Gasteiger partial charge in [-0.05, 0) is 43.0 Å². The molecular formula is C17H19FN2O2. The Labute approximate surface area is 128 Å². The molecule has 1 atom stereocenters. The summed E-state index contributed by atoms with van der Waals surface area (Å²) in [5.74, 6) is 0.591. The Kier molecular flexibility index (Phi) is 3.96. The number of halogens is 1. The smallest absolute Gasteiger partial charge is 0.254 e. The van der Waals surface area contributed by atoms with Crippen LogP contribution in [0.2, 0.25) is 0 Å². The molecular weight excluding hydrogens is 283 g/mol. The van der Waals surface area contributed by atoms with Crippen LogP contribution in [-0.4, -0.2) is 22.5 Å². The Morgan fingerprint density at radius 2 is 2.09 bits per heavy atom. The lowest BCUT2D eigenvalue weighted by Gasteiger charge is -2.22. The molecule has 1 aromatic heterocycles. The normalized spacial score (nSPS) is 18.2. The van der Waals surface area contributed by atoms with Crippen LogP contribution in [0.1, 0.15) is 60.5 Å². The maximum atomic E-state index is 13.0. The molecule has 22 heavy (non-hydrogen) atoms. The summed E-state index contributed by atoms with van der Waals surface area (Å²) in [5.41, 5.74) is 1.40. The average molecular weight is 302 g/mol. The Morgan fingerprint density at radius 1 is 1.36 bits per heavy atom. The van der Waals surface area contributed by atoms with Crippen molar-refractivity contribution in [1.82, 2.24) is 10.1 Å². The zero-order chi connectivity index (χ0) is 15.7. The molecule has 1 saturated heterocycles. The summed E-state index contributed by atoms with van der Waals surface area (Å²) >= 11 is 0. The topological polar surface area (TPSA) is 46.3 Å². The second-order valence-electron chi connectivity index (χ2n) is 5.97. The second kappa shape index (κ2) is 5.91. The van der Waals surface area contributed by atoms with Crippen LogP contribution in [-0.2, 0) is 0 Å². The second-order valence-corrected chi connectivity index (χ2v) is 5.97. The fourth-order valence-corrected chi connectivity index (χ4v) is 2.80. The first-order valence-electron chi connectivity index (χ1n) is 7.59. The first-order valence-corrected chi connectivity index (χ1v) is 7.59. The maximum absolute atomic E-state index is 13.0. The lowest BCUT2D eigenvalue weighted by molar-refractivity contribution is 0.0714. The van der Waals surface area contributed by atoms with Gasteiger partial charge in [-0.15, -0.1) is 0 Å². The van der Waals surface area contributed by atoms with Crippen LogP contribution in [0.3, 0.4) is 0 Å². The van der Waals surface area contributed by atoms with Crippen LogP contribution in [0.25, 0.3) is 0 Å². The van der Waals surface area contributed by atoms with Gasteiger partial charge in [-0.1, -0.05) is 19.0 Å². The van der Waals surface area contributed by atoms with Gasteiger partial charge < -0.3 is 9.42 Å². The Balaban J connectivity index is 1.83. The highest BCUT2D eigenvalue weighted by Crippen LogP contribution is 2.34. The molecule has 1 amide bonds. The van der Waals surface area contributed by atoms with Crippen molar-refractivity contribution in [2.75, 3.05) is 6.54 Å². The molecule has 0 bridgehead atoms. The number of hydrogen-bond donors (Lipinski definition) is 0. The molecule has 0 saturated carbocycles. The number of rotatable bonds is 3. The van der Waals surface area contributed by atoms with Crippen molar-refractivity contribution in [2.45, 2.75) is 38.6 Å². The minimum atomic E-state index is -0.341. The van der Waals surface area contributed by atoms with Gasteiger partial charge in [0, 0.05) is 18.2 Å². The summed E-state index contributed by atoms with van der Waals surface area (Å²) in [6.45, 7) is 4.79. The predicted octanol–water partition coefficient (Wildman–Crippen LogP) is 3.91.